The Balaban J connectivity index is 1.24. The first-order valence-electron chi connectivity index (χ1n) is 16.1. The van der Waals surface area contributed by atoms with Gasteiger partial charge in [-0.2, -0.15) is 0 Å². The molecule has 1 unspecified atom stereocenters. The minimum Gasteiger partial charge on any atom is -0.497 e. The minimum absolute atomic E-state index is 0.00508. The van der Waals surface area contributed by atoms with Gasteiger partial charge < -0.3 is 23.8 Å². The van der Waals surface area contributed by atoms with Gasteiger partial charge in [-0.25, -0.2) is 4.79 Å². The van der Waals surface area contributed by atoms with E-state index in [4.69, 9.17) is 18.9 Å². The predicted molar refractivity (Wildman–Crippen MR) is 187 cm³/mol. The molecule has 0 aromatic heterocycles. The summed E-state index contributed by atoms with van der Waals surface area (Å²) in [5, 5.41) is 1.94. The van der Waals surface area contributed by atoms with Crippen LogP contribution in [0.15, 0.2) is 115 Å². The number of methoxy groups -OCH3 is 2. The van der Waals surface area contributed by atoms with Crippen LogP contribution in [0.5, 0.6) is 23.0 Å². The Morgan fingerprint density at radius 2 is 1.44 bits per heavy atom. The molecule has 6 nitrogen and oxygen atoms in total. The molecule has 3 aliphatic rings. The molecular weight excluding hydrogens is 598 g/mol. The molecule has 0 N–H and O–H groups in total. The number of nitrogens with zero attached hydrogens (tertiary/aromatic N) is 1. The van der Waals surface area contributed by atoms with Crippen LogP contribution in [0.2, 0.25) is 0 Å². The fourth-order valence-corrected chi connectivity index (χ4v) is 7.90. The lowest BCUT2D eigenvalue weighted by Gasteiger charge is -2.38. The van der Waals surface area contributed by atoms with Gasteiger partial charge in [0.1, 0.15) is 23.0 Å². The molecule has 0 saturated carbocycles. The summed E-state index contributed by atoms with van der Waals surface area (Å²) in [5.74, 6) is 2.42. The Kier molecular flexibility index (Phi) is 6.00. The molecule has 6 heteroatoms. The highest BCUT2D eigenvalue weighted by atomic mass is 16.6. The molecule has 0 saturated heterocycles. The molecule has 0 aliphatic carbocycles. The van der Waals surface area contributed by atoms with Crippen molar-refractivity contribution in [1.82, 2.24) is 0 Å². The molecule has 0 fully saturated rings. The van der Waals surface area contributed by atoms with Gasteiger partial charge in [0.05, 0.1) is 25.3 Å². The highest BCUT2D eigenvalue weighted by Gasteiger charge is 2.54. The van der Waals surface area contributed by atoms with Crippen LogP contribution in [0.1, 0.15) is 46.5 Å². The Bertz CT molecular complexity index is 2300. The molecule has 9 rings (SSSR count). The van der Waals surface area contributed by atoms with E-state index in [2.05, 4.69) is 85.5 Å². The number of carbonyl (C=O) groups excluding carboxylic acids is 1. The van der Waals surface area contributed by atoms with E-state index < -0.39 is 5.60 Å². The Labute approximate surface area is 279 Å². The van der Waals surface area contributed by atoms with Crippen molar-refractivity contribution >= 4 is 28.1 Å². The van der Waals surface area contributed by atoms with Crippen LogP contribution < -0.4 is 19.1 Å². The third-order valence-electron chi connectivity index (χ3n) is 10.1. The molecule has 3 heterocycles. The summed E-state index contributed by atoms with van der Waals surface area (Å²) in [6.07, 6.45) is 0. The van der Waals surface area contributed by atoms with Gasteiger partial charge in [-0.1, -0.05) is 68.4 Å². The molecule has 1 atom stereocenters. The molecule has 48 heavy (non-hydrogen) atoms. The maximum Gasteiger partial charge on any atom is 0.340 e. The summed E-state index contributed by atoms with van der Waals surface area (Å²) < 4.78 is 24.5. The second-order valence-electron chi connectivity index (χ2n) is 13.4. The van der Waals surface area contributed by atoms with Gasteiger partial charge in [0.25, 0.3) is 0 Å². The number of carbonyl (C=O) groups is 1. The summed E-state index contributed by atoms with van der Waals surface area (Å²) in [6.45, 7) is 5.40. The van der Waals surface area contributed by atoms with Crippen LogP contribution >= 0.6 is 0 Å². The molecule has 0 radical (unpaired) electrons. The van der Waals surface area contributed by atoms with Crippen molar-refractivity contribution in [3.05, 3.63) is 143 Å². The van der Waals surface area contributed by atoms with Crippen molar-refractivity contribution in [1.29, 1.82) is 0 Å². The second-order valence-corrected chi connectivity index (χ2v) is 13.4. The van der Waals surface area contributed by atoms with Gasteiger partial charge >= 0.3 is 5.97 Å². The zero-order valence-electron chi connectivity index (χ0n) is 27.2. The van der Waals surface area contributed by atoms with Gasteiger partial charge in [-0.05, 0) is 76.0 Å². The summed E-state index contributed by atoms with van der Waals surface area (Å²) in [7, 11) is 3.30. The summed E-state index contributed by atoms with van der Waals surface area (Å²) in [5.41, 5.74) is 7.34. The molecule has 6 aromatic carbocycles. The van der Waals surface area contributed by atoms with E-state index in [1.54, 1.807) is 14.2 Å². The maximum absolute atomic E-state index is 13.6. The number of fused-ring (bicyclic) bond motifs is 9. The lowest BCUT2D eigenvalue weighted by Crippen LogP contribution is -2.33. The van der Waals surface area contributed by atoms with E-state index in [9.17, 15) is 4.79 Å². The lowest BCUT2D eigenvalue weighted by atomic mass is 9.75. The third-order valence-corrected chi connectivity index (χ3v) is 10.1. The maximum atomic E-state index is 13.6. The first-order chi connectivity index (χ1) is 23.3. The first-order valence-corrected chi connectivity index (χ1v) is 16.1. The Morgan fingerprint density at radius 3 is 2.23 bits per heavy atom. The number of rotatable bonds is 4. The topological polar surface area (TPSA) is 57.2 Å². The summed E-state index contributed by atoms with van der Waals surface area (Å²) >= 11 is 0. The average molecular weight is 632 g/mol. The van der Waals surface area contributed by atoms with Gasteiger partial charge in [-0.15, -0.1) is 0 Å². The molecule has 3 aliphatic heterocycles. The van der Waals surface area contributed by atoms with Gasteiger partial charge in [0, 0.05) is 46.6 Å². The minimum atomic E-state index is -1.18. The normalized spacial score (nSPS) is 18.1. The number of hydrogen-bond donors (Lipinski definition) is 0. The standard InChI is InChI=1S/C42H33NO5/c1-41(2)24-43(36-12-8-7-11-34(36)41)28-15-17-35-38(22-28)47-37-18-14-26-19-25(27-20-29(45-3)23-30(21-27)46-4)13-16-31(26)39(37)42(35)33-10-6-5-9-32(33)40(44)48-42/h5-23H,24H2,1-4H3. The van der Waals surface area contributed by atoms with Crippen LogP contribution in [0.4, 0.5) is 11.4 Å². The van der Waals surface area contributed by atoms with Gasteiger partial charge in [0.2, 0.25) is 0 Å². The molecule has 0 amide bonds. The van der Waals surface area contributed by atoms with Crippen LogP contribution in [0, 0.1) is 0 Å². The van der Waals surface area contributed by atoms with Crippen molar-refractivity contribution in [2.75, 3.05) is 25.7 Å². The number of benzene rings is 6. The van der Waals surface area contributed by atoms with Crippen molar-refractivity contribution in [3.8, 4) is 34.1 Å². The highest BCUT2D eigenvalue weighted by molar-refractivity contribution is 6.01. The van der Waals surface area contributed by atoms with E-state index >= 15 is 0 Å². The van der Waals surface area contributed by atoms with Crippen molar-refractivity contribution < 1.29 is 23.7 Å². The van der Waals surface area contributed by atoms with Gasteiger partial charge in [0.15, 0.2) is 5.60 Å². The first kappa shape index (κ1) is 28.5. The summed E-state index contributed by atoms with van der Waals surface area (Å²) in [6, 6.07) is 38.8. The lowest BCUT2D eigenvalue weighted by molar-refractivity contribution is 0.0229. The van der Waals surface area contributed by atoms with E-state index in [1.807, 2.05) is 48.5 Å². The quantitative estimate of drug-likeness (QED) is 0.181. The smallest absolute Gasteiger partial charge is 0.340 e. The molecule has 0 bridgehead atoms. The Hall–Kier alpha value is -5.75. The Morgan fingerprint density at radius 1 is 0.688 bits per heavy atom. The second kappa shape index (κ2) is 10.1. The van der Waals surface area contributed by atoms with Gasteiger partial charge in [-0.3, -0.25) is 0 Å². The van der Waals surface area contributed by atoms with Crippen molar-refractivity contribution in [2.45, 2.75) is 24.9 Å². The zero-order valence-corrected chi connectivity index (χ0v) is 27.2. The third kappa shape index (κ3) is 3.95. The van der Waals surface area contributed by atoms with E-state index in [-0.39, 0.29) is 11.4 Å². The predicted octanol–water partition coefficient (Wildman–Crippen LogP) is 9.52. The summed E-state index contributed by atoms with van der Waals surface area (Å²) in [4.78, 5) is 16.0. The molecule has 1 spiro atoms. The van der Waals surface area contributed by atoms with Crippen LogP contribution in [0.3, 0.4) is 0 Å². The molecule has 236 valence electrons. The fourth-order valence-electron chi connectivity index (χ4n) is 7.90. The van der Waals surface area contributed by atoms with E-state index in [0.717, 1.165) is 50.8 Å². The van der Waals surface area contributed by atoms with Crippen LogP contribution in [0.25, 0.3) is 21.9 Å². The number of anilines is 2. The average Bonchev–Trinajstić information content (AvgIpc) is 3.57. The monoisotopic (exact) mass is 631 g/mol. The van der Waals surface area contributed by atoms with E-state index in [0.29, 0.717) is 28.6 Å². The van der Waals surface area contributed by atoms with Crippen molar-refractivity contribution in [3.63, 3.8) is 0 Å². The van der Waals surface area contributed by atoms with Crippen molar-refractivity contribution in [2.24, 2.45) is 0 Å². The zero-order chi connectivity index (χ0) is 32.8. The number of hydrogen-bond acceptors (Lipinski definition) is 6. The molecular formula is C42H33NO5. The largest absolute Gasteiger partial charge is 0.497 e. The fraction of sp³-hybridized carbons (Fsp3) is 0.167. The number of para-hydroxylation sites is 1. The van der Waals surface area contributed by atoms with Crippen LogP contribution in [-0.4, -0.2) is 26.7 Å². The van der Waals surface area contributed by atoms with E-state index in [1.165, 1.54) is 11.3 Å². The SMILES string of the molecule is COc1cc(OC)cc(-c2ccc3c4c(ccc3c2)Oc2cc(N3CC(C)(C)c5ccccc53)ccc2C42OC(=O)c3ccccc32)c1. The number of ether oxygens (including phenoxy) is 4. The van der Waals surface area contributed by atoms with Crippen LogP contribution in [-0.2, 0) is 15.8 Å². The molecule has 6 aromatic rings. The highest BCUT2D eigenvalue weighted by Crippen LogP contribution is 2.59. The number of esters is 1.